The van der Waals surface area contributed by atoms with Crippen LogP contribution in [0.15, 0.2) is 16.7 Å². The third-order valence-electron chi connectivity index (χ3n) is 2.54. The Hall–Kier alpha value is -1.10. The van der Waals surface area contributed by atoms with Gasteiger partial charge in [-0.1, -0.05) is 0 Å². The summed E-state index contributed by atoms with van der Waals surface area (Å²) in [5.41, 5.74) is 0.596. The lowest BCUT2D eigenvalue weighted by atomic mass is 9.98. The summed E-state index contributed by atoms with van der Waals surface area (Å²) >= 11 is 3.38. The van der Waals surface area contributed by atoms with Gasteiger partial charge in [-0.3, -0.25) is 0 Å². The summed E-state index contributed by atoms with van der Waals surface area (Å²) in [5, 5.41) is 1.58. The van der Waals surface area contributed by atoms with E-state index in [0.29, 0.717) is 6.54 Å². The standard InChI is InChI=1S/C12H15BrN2O2/c1-12(2,3)11(16)17-15-5-4-8-6-9(13)7-14-10(8)15/h6-7H,4-5H2,1-3H3. The van der Waals surface area contributed by atoms with Crippen molar-refractivity contribution in [3.63, 3.8) is 0 Å². The van der Waals surface area contributed by atoms with Gasteiger partial charge in [0.25, 0.3) is 0 Å². The first-order valence-corrected chi connectivity index (χ1v) is 6.31. The monoisotopic (exact) mass is 298 g/mol. The number of rotatable bonds is 1. The van der Waals surface area contributed by atoms with E-state index in [9.17, 15) is 4.79 Å². The minimum absolute atomic E-state index is 0.241. The van der Waals surface area contributed by atoms with E-state index in [4.69, 9.17) is 4.84 Å². The van der Waals surface area contributed by atoms with Gasteiger partial charge in [0.15, 0.2) is 5.82 Å². The SMILES string of the molecule is CC(C)(C)C(=O)ON1CCc2cc(Br)cnc21. The second-order valence-electron chi connectivity index (χ2n) is 5.12. The van der Waals surface area contributed by atoms with E-state index in [1.54, 1.807) is 11.3 Å². The second-order valence-corrected chi connectivity index (χ2v) is 6.03. The van der Waals surface area contributed by atoms with E-state index in [1.165, 1.54) is 0 Å². The molecular weight excluding hydrogens is 284 g/mol. The molecule has 1 aromatic rings. The van der Waals surface area contributed by atoms with Crippen LogP contribution in [-0.4, -0.2) is 17.5 Å². The van der Waals surface area contributed by atoms with Crippen molar-refractivity contribution < 1.29 is 9.63 Å². The Balaban J connectivity index is 2.15. The fourth-order valence-electron chi connectivity index (χ4n) is 1.54. The highest BCUT2D eigenvalue weighted by Crippen LogP contribution is 2.29. The lowest BCUT2D eigenvalue weighted by Gasteiger charge is -2.22. The third kappa shape index (κ3) is 2.60. The largest absolute Gasteiger partial charge is 0.339 e. The van der Waals surface area contributed by atoms with Crippen molar-refractivity contribution in [2.45, 2.75) is 27.2 Å². The first kappa shape index (κ1) is 12.4. The summed E-state index contributed by atoms with van der Waals surface area (Å²) in [4.78, 5) is 21.4. The maximum Gasteiger partial charge on any atom is 0.337 e. The van der Waals surface area contributed by atoms with Crippen molar-refractivity contribution in [1.82, 2.24) is 4.98 Å². The van der Waals surface area contributed by atoms with Crippen LogP contribution < -0.4 is 5.06 Å². The molecule has 0 unspecified atom stereocenters. The number of anilines is 1. The zero-order valence-electron chi connectivity index (χ0n) is 10.2. The van der Waals surface area contributed by atoms with E-state index in [-0.39, 0.29) is 5.97 Å². The van der Waals surface area contributed by atoms with Gasteiger partial charge >= 0.3 is 5.97 Å². The Labute approximate surface area is 109 Å². The van der Waals surface area contributed by atoms with Crippen LogP contribution in [0.4, 0.5) is 5.82 Å². The normalized spacial score (nSPS) is 14.7. The molecule has 0 spiro atoms. The van der Waals surface area contributed by atoms with Crippen molar-refractivity contribution in [2.75, 3.05) is 11.6 Å². The molecule has 1 aliphatic rings. The number of hydrogen-bond donors (Lipinski definition) is 0. The zero-order valence-corrected chi connectivity index (χ0v) is 11.7. The van der Waals surface area contributed by atoms with E-state index in [0.717, 1.165) is 22.3 Å². The first-order valence-electron chi connectivity index (χ1n) is 5.52. The number of aromatic nitrogens is 1. The lowest BCUT2D eigenvalue weighted by Crippen LogP contribution is -2.32. The molecular formula is C12H15BrN2O2. The molecule has 17 heavy (non-hydrogen) atoms. The summed E-state index contributed by atoms with van der Waals surface area (Å²) < 4.78 is 0.945. The number of carbonyl (C=O) groups excluding carboxylic acids is 1. The fraction of sp³-hybridized carbons (Fsp3) is 0.500. The van der Waals surface area contributed by atoms with Gasteiger partial charge in [0.2, 0.25) is 0 Å². The number of hydrogen-bond acceptors (Lipinski definition) is 4. The number of fused-ring (bicyclic) bond motifs is 1. The molecule has 0 amide bonds. The number of hydroxylamine groups is 1. The molecule has 1 aromatic heterocycles. The van der Waals surface area contributed by atoms with Crippen molar-refractivity contribution in [3.05, 3.63) is 22.3 Å². The molecule has 2 heterocycles. The minimum atomic E-state index is -0.502. The molecule has 0 aliphatic carbocycles. The van der Waals surface area contributed by atoms with Gasteiger partial charge < -0.3 is 4.84 Å². The Kier molecular flexibility index (Phi) is 3.12. The molecule has 0 radical (unpaired) electrons. The van der Waals surface area contributed by atoms with Crippen LogP contribution in [0, 0.1) is 5.41 Å². The summed E-state index contributed by atoms with van der Waals surface area (Å²) in [6.45, 7) is 6.17. The van der Waals surface area contributed by atoms with Crippen LogP contribution in [-0.2, 0) is 16.1 Å². The quantitative estimate of drug-likeness (QED) is 0.799. The predicted octanol–water partition coefficient (Wildman–Crippen LogP) is 2.71. The van der Waals surface area contributed by atoms with E-state index >= 15 is 0 Å². The summed E-state index contributed by atoms with van der Waals surface area (Å²) in [6, 6.07) is 2.01. The van der Waals surface area contributed by atoms with Gasteiger partial charge in [-0.15, -0.1) is 0 Å². The Morgan fingerprint density at radius 2 is 2.24 bits per heavy atom. The Bertz CT molecular complexity index is 454. The van der Waals surface area contributed by atoms with Crippen LogP contribution in [0.1, 0.15) is 26.3 Å². The fourth-order valence-corrected chi connectivity index (χ4v) is 1.92. The average Bonchev–Trinajstić information content (AvgIpc) is 2.59. The van der Waals surface area contributed by atoms with E-state index < -0.39 is 5.41 Å². The summed E-state index contributed by atoms with van der Waals surface area (Å²) in [7, 11) is 0. The molecule has 0 fully saturated rings. The number of pyridine rings is 1. The molecule has 5 heteroatoms. The van der Waals surface area contributed by atoms with Gasteiger partial charge in [-0.05, 0) is 49.2 Å². The number of halogens is 1. The van der Waals surface area contributed by atoms with Crippen molar-refractivity contribution in [1.29, 1.82) is 0 Å². The molecule has 1 aliphatic heterocycles. The Morgan fingerprint density at radius 3 is 2.88 bits per heavy atom. The molecule has 2 rings (SSSR count). The molecule has 0 saturated carbocycles. The van der Waals surface area contributed by atoms with Crippen LogP contribution in [0.3, 0.4) is 0 Å². The Morgan fingerprint density at radius 1 is 1.53 bits per heavy atom. The van der Waals surface area contributed by atoms with Crippen molar-refractivity contribution in [2.24, 2.45) is 5.41 Å². The van der Waals surface area contributed by atoms with E-state index in [2.05, 4.69) is 20.9 Å². The topological polar surface area (TPSA) is 42.4 Å². The van der Waals surface area contributed by atoms with E-state index in [1.807, 2.05) is 26.8 Å². The number of carbonyl (C=O) groups is 1. The smallest absolute Gasteiger partial charge is 0.337 e. The number of nitrogens with zero attached hydrogens (tertiary/aromatic N) is 2. The van der Waals surface area contributed by atoms with Crippen molar-refractivity contribution in [3.8, 4) is 0 Å². The highest BCUT2D eigenvalue weighted by atomic mass is 79.9. The third-order valence-corrected chi connectivity index (χ3v) is 2.97. The highest BCUT2D eigenvalue weighted by Gasteiger charge is 2.30. The van der Waals surface area contributed by atoms with Gasteiger partial charge in [0.05, 0.1) is 12.0 Å². The molecule has 0 aromatic carbocycles. The summed E-state index contributed by atoms with van der Waals surface area (Å²) in [6.07, 6.45) is 2.56. The first-order chi connectivity index (χ1) is 7.88. The zero-order chi connectivity index (χ0) is 12.6. The molecule has 0 saturated heterocycles. The predicted molar refractivity (Wildman–Crippen MR) is 68.5 cm³/mol. The minimum Gasteiger partial charge on any atom is -0.339 e. The molecule has 4 nitrogen and oxygen atoms in total. The molecule has 0 N–H and O–H groups in total. The average molecular weight is 299 g/mol. The van der Waals surface area contributed by atoms with Gasteiger partial charge in [0.1, 0.15) is 0 Å². The van der Waals surface area contributed by atoms with Crippen LogP contribution in [0.2, 0.25) is 0 Å². The maximum atomic E-state index is 11.8. The van der Waals surface area contributed by atoms with Gasteiger partial charge in [-0.25, -0.2) is 9.78 Å². The van der Waals surface area contributed by atoms with Crippen molar-refractivity contribution >= 4 is 27.7 Å². The van der Waals surface area contributed by atoms with Crippen LogP contribution >= 0.6 is 15.9 Å². The maximum absolute atomic E-state index is 11.8. The second kappa shape index (κ2) is 4.29. The van der Waals surface area contributed by atoms with Gasteiger partial charge in [-0.2, -0.15) is 5.06 Å². The van der Waals surface area contributed by atoms with Gasteiger partial charge in [0, 0.05) is 16.2 Å². The van der Waals surface area contributed by atoms with Crippen LogP contribution in [0.25, 0.3) is 0 Å². The molecule has 0 atom stereocenters. The summed E-state index contributed by atoms with van der Waals surface area (Å²) in [5.74, 6) is 0.501. The molecule has 0 bridgehead atoms. The lowest BCUT2D eigenvalue weighted by molar-refractivity contribution is -0.154. The highest BCUT2D eigenvalue weighted by molar-refractivity contribution is 9.10. The molecule has 92 valence electrons. The van der Waals surface area contributed by atoms with Crippen LogP contribution in [0.5, 0.6) is 0 Å².